The number of amides is 1. The first kappa shape index (κ1) is 18.2. The van der Waals surface area contributed by atoms with Gasteiger partial charge >= 0.3 is 5.97 Å². The van der Waals surface area contributed by atoms with Gasteiger partial charge in [0.05, 0.1) is 29.7 Å². The molecule has 1 aromatic carbocycles. The van der Waals surface area contributed by atoms with Crippen molar-refractivity contribution in [3.63, 3.8) is 0 Å². The number of nitrogens with one attached hydrogen (secondary N) is 1. The highest BCUT2D eigenvalue weighted by Gasteiger charge is 2.39. The fourth-order valence-corrected chi connectivity index (χ4v) is 4.57. The van der Waals surface area contributed by atoms with Crippen molar-refractivity contribution in [2.45, 2.75) is 18.9 Å². The molecule has 1 aromatic rings. The summed E-state index contributed by atoms with van der Waals surface area (Å²) in [6, 6.07) is 3.62. The summed E-state index contributed by atoms with van der Waals surface area (Å²) in [4.78, 5) is 23.7. The third-order valence-electron chi connectivity index (χ3n) is 3.68. The molecule has 0 bridgehead atoms. The lowest BCUT2D eigenvalue weighted by Crippen LogP contribution is -2.48. The predicted octanol–water partition coefficient (Wildman–Crippen LogP) is 0.684. The highest BCUT2D eigenvalue weighted by atomic mass is 32.2. The van der Waals surface area contributed by atoms with E-state index in [0.717, 1.165) is 6.07 Å². The molecule has 1 aliphatic heterocycles. The maximum Gasteiger partial charge on any atom is 0.341 e. The molecule has 0 radical (unpaired) electrons. The SMILES string of the molecule is COc1ccc(C(=O)OCC(=O)N[C@@]2(C)CCS(=O)(=O)C2)c(F)c1. The predicted molar refractivity (Wildman–Crippen MR) is 83.1 cm³/mol. The molecule has 24 heavy (non-hydrogen) atoms. The summed E-state index contributed by atoms with van der Waals surface area (Å²) in [5.74, 6) is -2.37. The first-order valence-corrected chi connectivity index (χ1v) is 8.98. The van der Waals surface area contributed by atoms with Gasteiger partial charge in [-0.25, -0.2) is 17.6 Å². The maximum atomic E-state index is 13.7. The Labute approximate surface area is 139 Å². The minimum atomic E-state index is -3.17. The van der Waals surface area contributed by atoms with E-state index in [1.807, 2.05) is 0 Å². The van der Waals surface area contributed by atoms with E-state index in [4.69, 9.17) is 9.47 Å². The lowest BCUT2D eigenvalue weighted by molar-refractivity contribution is -0.125. The van der Waals surface area contributed by atoms with Crippen LogP contribution in [0, 0.1) is 5.82 Å². The van der Waals surface area contributed by atoms with Crippen LogP contribution in [0.5, 0.6) is 5.75 Å². The monoisotopic (exact) mass is 359 g/mol. The number of ether oxygens (including phenoxy) is 2. The molecule has 1 saturated heterocycles. The van der Waals surface area contributed by atoms with E-state index in [1.54, 1.807) is 6.92 Å². The van der Waals surface area contributed by atoms with Gasteiger partial charge in [0.1, 0.15) is 11.6 Å². The number of rotatable bonds is 5. The van der Waals surface area contributed by atoms with Gasteiger partial charge in [-0.15, -0.1) is 0 Å². The number of hydrogen-bond donors (Lipinski definition) is 1. The van der Waals surface area contributed by atoms with Crippen molar-refractivity contribution in [2.75, 3.05) is 25.2 Å². The zero-order valence-electron chi connectivity index (χ0n) is 13.3. The molecule has 1 aliphatic rings. The molecule has 0 aliphatic carbocycles. The van der Waals surface area contributed by atoms with E-state index in [1.165, 1.54) is 19.2 Å². The second-order valence-electron chi connectivity index (χ2n) is 5.87. The van der Waals surface area contributed by atoms with E-state index in [2.05, 4.69) is 5.32 Å². The van der Waals surface area contributed by atoms with Crippen molar-refractivity contribution in [1.82, 2.24) is 5.32 Å². The Morgan fingerprint density at radius 3 is 2.62 bits per heavy atom. The number of esters is 1. The van der Waals surface area contributed by atoms with Crippen LogP contribution < -0.4 is 10.1 Å². The van der Waals surface area contributed by atoms with Crippen LogP contribution in [0.3, 0.4) is 0 Å². The molecule has 0 spiro atoms. The van der Waals surface area contributed by atoms with Gasteiger partial charge in [-0.3, -0.25) is 4.79 Å². The van der Waals surface area contributed by atoms with E-state index >= 15 is 0 Å². The molecule has 1 fully saturated rings. The van der Waals surface area contributed by atoms with Gasteiger partial charge in [0.15, 0.2) is 16.4 Å². The average molecular weight is 359 g/mol. The molecule has 1 N–H and O–H groups in total. The van der Waals surface area contributed by atoms with E-state index < -0.39 is 39.7 Å². The van der Waals surface area contributed by atoms with Crippen LogP contribution in [0.1, 0.15) is 23.7 Å². The molecular formula is C15H18FNO6S. The Hall–Kier alpha value is -2.16. The van der Waals surface area contributed by atoms with E-state index in [9.17, 15) is 22.4 Å². The minimum absolute atomic E-state index is 0.000622. The number of benzene rings is 1. The summed E-state index contributed by atoms with van der Waals surface area (Å²) >= 11 is 0. The summed E-state index contributed by atoms with van der Waals surface area (Å²) < 4.78 is 46.3. The first-order chi connectivity index (χ1) is 11.1. The molecule has 0 saturated carbocycles. The molecule has 1 atom stereocenters. The van der Waals surface area contributed by atoms with Gasteiger partial charge < -0.3 is 14.8 Å². The topological polar surface area (TPSA) is 98.8 Å². The van der Waals surface area contributed by atoms with Crippen LogP contribution in [0.25, 0.3) is 0 Å². The van der Waals surface area contributed by atoms with Gasteiger partial charge in [-0.05, 0) is 25.5 Å². The van der Waals surface area contributed by atoms with Crippen LogP contribution in [-0.4, -0.2) is 51.1 Å². The summed E-state index contributed by atoms with van der Waals surface area (Å²) in [5.41, 5.74) is -1.20. The quantitative estimate of drug-likeness (QED) is 0.777. The fourth-order valence-electron chi connectivity index (χ4n) is 2.48. The van der Waals surface area contributed by atoms with Gasteiger partial charge in [-0.1, -0.05) is 0 Å². The van der Waals surface area contributed by atoms with Gasteiger partial charge in [0, 0.05) is 6.07 Å². The number of hydrogen-bond acceptors (Lipinski definition) is 6. The molecule has 1 heterocycles. The number of carbonyl (C=O) groups excluding carboxylic acids is 2. The molecule has 0 unspecified atom stereocenters. The number of methoxy groups -OCH3 is 1. The molecular weight excluding hydrogens is 341 g/mol. The zero-order chi connectivity index (χ0) is 18.0. The van der Waals surface area contributed by atoms with E-state index in [0.29, 0.717) is 6.42 Å². The third kappa shape index (κ3) is 4.44. The second-order valence-corrected chi connectivity index (χ2v) is 8.06. The maximum absolute atomic E-state index is 13.7. The van der Waals surface area contributed by atoms with Crippen LogP contribution in [-0.2, 0) is 19.4 Å². The van der Waals surface area contributed by atoms with Crippen molar-refractivity contribution in [3.8, 4) is 5.75 Å². The van der Waals surface area contributed by atoms with Crippen molar-refractivity contribution in [1.29, 1.82) is 0 Å². The summed E-state index contributed by atoms with van der Waals surface area (Å²) in [6.45, 7) is 0.986. The van der Waals surface area contributed by atoms with E-state index in [-0.39, 0.29) is 22.8 Å². The standard InChI is InChI=1S/C15H18FNO6S/c1-15(5-6-24(20,21)9-15)17-13(18)8-23-14(19)11-4-3-10(22-2)7-12(11)16/h3-4,7H,5-6,8-9H2,1-2H3,(H,17,18)/t15-/m0/s1. The lowest BCUT2D eigenvalue weighted by Gasteiger charge is -2.23. The Bertz CT molecular complexity index is 763. The fraction of sp³-hybridized carbons (Fsp3) is 0.467. The normalized spacial score (nSPS) is 22.0. The third-order valence-corrected chi connectivity index (χ3v) is 5.58. The van der Waals surface area contributed by atoms with Crippen molar-refractivity contribution >= 4 is 21.7 Å². The highest BCUT2D eigenvalue weighted by Crippen LogP contribution is 2.22. The summed E-state index contributed by atoms with van der Waals surface area (Å²) in [7, 11) is -1.81. The lowest BCUT2D eigenvalue weighted by atomic mass is 10.0. The second kappa shape index (κ2) is 6.76. The largest absolute Gasteiger partial charge is 0.497 e. The average Bonchev–Trinajstić information content (AvgIpc) is 2.77. The number of carbonyl (C=O) groups is 2. The molecule has 2 rings (SSSR count). The Kier molecular flexibility index (Phi) is 5.12. The molecule has 0 aromatic heterocycles. The van der Waals surface area contributed by atoms with Crippen molar-refractivity contribution < 1.29 is 31.9 Å². The highest BCUT2D eigenvalue weighted by molar-refractivity contribution is 7.91. The van der Waals surface area contributed by atoms with Crippen LogP contribution in [0.15, 0.2) is 18.2 Å². The smallest absolute Gasteiger partial charge is 0.341 e. The Balaban J connectivity index is 1.91. The minimum Gasteiger partial charge on any atom is -0.497 e. The molecule has 7 nitrogen and oxygen atoms in total. The van der Waals surface area contributed by atoms with Crippen LogP contribution >= 0.6 is 0 Å². The van der Waals surface area contributed by atoms with Crippen molar-refractivity contribution in [3.05, 3.63) is 29.6 Å². The van der Waals surface area contributed by atoms with Crippen LogP contribution in [0.4, 0.5) is 4.39 Å². The number of halogens is 1. The van der Waals surface area contributed by atoms with Crippen molar-refractivity contribution in [2.24, 2.45) is 0 Å². The van der Waals surface area contributed by atoms with Crippen LogP contribution in [0.2, 0.25) is 0 Å². The van der Waals surface area contributed by atoms with Gasteiger partial charge in [0.2, 0.25) is 0 Å². The zero-order valence-corrected chi connectivity index (χ0v) is 14.1. The summed E-state index contributed by atoms with van der Waals surface area (Å²) in [6.07, 6.45) is 0.294. The van der Waals surface area contributed by atoms with Gasteiger partial charge in [0.25, 0.3) is 5.91 Å². The number of sulfone groups is 1. The first-order valence-electron chi connectivity index (χ1n) is 7.16. The molecule has 132 valence electrons. The summed E-state index contributed by atoms with van der Waals surface area (Å²) in [5, 5.41) is 2.54. The molecule has 1 amide bonds. The van der Waals surface area contributed by atoms with Gasteiger partial charge in [-0.2, -0.15) is 0 Å². The Morgan fingerprint density at radius 1 is 1.38 bits per heavy atom. The molecule has 9 heteroatoms. The Morgan fingerprint density at radius 2 is 2.08 bits per heavy atom.